The summed E-state index contributed by atoms with van der Waals surface area (Å²) in [5, 5.41) is 5.12. The molecule has 2 nitrogen and oxygen atoms in total. The highest BCUT2D eigenvalue weighted by Gasteiger charge is 2.12. The largest absolute Gasteiger partial charge is 0.444 e. The van der Waals surface area contributed by atoms with Crippen LogP contribution >= 0.6 is 11.6 Å². The van der Waals surface area contributed by atoms with E-state index in [9.17, 15) is 0 Å². The molecule has 0 aliphatic heterocycles. The zero-order valence-electron chi connectivity index (χ0n) is 10.3. The van der Waals surface area contributed by atoms with E-state index in [1.54, 1.807) is 0 Å². The highest BCUT2D eigenvalue weighted by atomic mass is 35.5. The van der Waals surface area contributed by atoms with E-state index < -0.39 is 0 Å². The molecule has 17 heavy (non-hydrogen) atoms. The van der Waals surface area contributed by atoms with Crippen molar-refractivity contribution in [1.82, 2.24) is 5.32 Å². The Balaban J connectivity index is 2.20. The number of furan rings is 1. The fraction of sp³-hybridized carbons (Fsp3) is 0.429. The molecule has 1 aromatic carbocycles. The number of benzene rings is 1. The van der Waals surface area contributed by atoms with Gasteiger partial charge in [0.05, 0.1) is 0 Å². The molecule has 1 aromatic heterocycles. The van der Waals surface area contributed by atoms with E-state index in [-0.39, 0.29) is 0 Å². The molecule has 0 aliphatic carbocycles. The lowest BCUT2D eigenvalue weighted by Crippen LogP contribution is -2.26. The lowest BCUT2D eigenvalue weighted by Gasteiger charge is -2.13. The zero-order valence-corrected chi connectivity index (χ0v) is 11.1. The minimum Gasteiger partial charge on any atom is -0.444 e. The highest BCUT2D eigenvalue weighted by Crippen LogP contribution is 2.29. The van der Waals surface area contributed by atoms with Crippen LogP contribution in [0.1, 0.15) is 32.3 Å². The summed E-state index contributed by atoms with van der Waals surface area (Å²) >= 11 is 6.13. The molecule has 2 rings (SSSR count). The molecular formula is C14H18ClNO. The topological polar surface area (TPSA) is 25.2 Å². The molecule has 2 aromatic rings. The fourth-order valence-corrected chi connectivity index (χ4v) is 2.31. The molecule has 0 saturated heterocycles. The van der Waals surface area contributed by atoms with Crippen molar-refractivity contribution in [2.24, 2.45) is 0 Å². The normalized spacial score (nSPS) is 11.5. The molecule has 0 fully saturated rings. The molecule has 0 saturated carbocycles. The second-order valence-corrected chi connectivity index (χ2v) is 4.59. The van der Waals surface area contributed by atoms with Gasteiger partial charge in [-0.2, -0.15) is 0 Å². The Kier molecular flexibility index (Phi) is 4.08. The lowest BCUT2D eigenvalue weighted by molar-refractivity contribution is 0.482. The molecule has 0 amide bonds. The van der Waals surface area contributed by atoms with E-state index in [2.05, 4.69) is 25.2 Å². The number of hydrogen-bond donors (Lipinski definition) is 1. The first-order chi connectivity index (χ1) is 8.26. The predicted octanol–water partition coefficient (Wildman–Crippen LogP) is 4.36. The maximum atomic E-state index is 6.13. The van der Waals surface area contributed by atoms with Crippen LogP contribution in [0, 0.1) is 0 Å². The zero-order chi connectivity index (χ0) is 12.3. The number of hydrogen-bond acceptors (Lipinski definition) is 2. The van der Waals surface area contributed by atoms with Gasteiger partial charge in [0.15, 0.2) is 5.22 Å². The van der Waals surface area contributed by atoms with Gasteiger partial charge in [-0.1, -0.05) is 32.0 Å². The lowest BCUT2D eigenvalue weighted by atomic mass is 10.1. The summed E-state index contributed by atoms with van der Waals surface area (Å²) in [5.74, 6) is 0. The molecule has 0 bridgehead atoms. The Morgan fingerprint density at radius 3 is 2.65 bits per heavy atom. The molecule has 0 radical (unpaired) electrons. The van der Waals surface area contributed by atoms with Crippen molar-refractivity contribution in [3.8, 4) is 0 Å². The second kappa shape index (κ2) is 5.56. The van der Waals surface area contributed by atoms with Crippen molar-refractivity contribution in [3.63, 3.8) is 0 Å². The van der Waals surface area contributed by atoms with Crippen LogP contribution in [-0.4, -0.2) is 6.04 Å². The summed E-state index contributed by atoms with van der Waals surface area (Å²) in [6, 6.07) is 8.51. The van der Waals surface area contributed by atoms with Crippen molar-refractivity contribution < 1.29 is 4.42 Å². The van der Waals surface area contributed by atoms with Gasteiger partial charge in [-0.25, -0.2) is 0 Å². The number of fused-ring (bicyclic) bond motifs is 1. The van der Waals surface area contributed by atoms with E-state index in [1.165, 1.54) is 0 Å². The van der Waals surface area contributed by atoms with Gasteiger partial charge in [-0.3, -0.25) is 0 Å². The van der Waals surface area contributed by atoms with Crippen molar-refractivity contribution in [3.05, 3.63) is 35.0 Å². The van der Waals surface area contributed by atoms with E-state index in [0.717, 1.165) is 35.9 Å². The van der Waals surface area contributed by atoms with Crippen LogP contribution in [0.15, 0.2) is 28.7 Å². The van der Waals surface area contributed by atoms with Crippen molar-refractivity contribution in [1.29, 1.82) is 0 Å². The van der Waals surface area contributed by atoms with Crippen LogP contribution in [0.2, 0.25) is 5.22 Å². The van der Waals surface area contributed by atoms with Gasteiger partial charge >= 0.3 is 0 Å². The third kappa shape index (κ3) is 2.64. The van der Waals surface area contributed by atoms with E-state index in [0.29, 0.717) is 11.3 Å². The Bertz CT molecular complexity index is 488. The number of halogens is 1. The maximum Gasteiger partial charge on any atom is 0.199 e. The maximum absolute atomic E-state index is 6.13. The first-order valence-electron chi connectivity index (χ1n) is 6.15. The summed E-state index contributed by atoms with van der Waals surface area (Å²) in [7, 11) is 0. The van der Waals surface area contributed by atoms with Gasteiger partial charge in [0, 0.05) is 23.5 Å². The summed E-state index contributed by atoms with van der Waals surface area (Å²) in [6.07, 6.45) is 2.26. The Morgan fingerprint density at radius 2 is 1.94 bits per heavy atom. The number of nitrogens with one attached hydrogen (secondary N) is 1. The molecule has 0 unspecified atom stereocenters. The average molecular weight is 252 g/mol. The SMILES string of the molecule is CCC(CC)NCc1c(Cl)oc2ccccc12. The van der Waals surface area contributed by atoms with Gasteiger partial charge in [0.1, 0.15) is 5.58 Å². The Hall–Kier alpha value is -0.990. The van der Waals surface area contributed by atoms with Crippen LogP contribution in [-0.2, 0) is 6.54 Å². The Labute approximate surface area is 107 Å². The summed E-state index contributed by atoms with van der Waals surface area (Å²) < 4.78 is 5.52. The number of rotatable bonds is 5. The van der Waals surface area contributed by atoms with E-state index >= 15 is 0 Å². The molecule has 1 heterocycles. The molecular weight excluding hydrogens is 234 g/mol. The number of para-hydroxylation sites is 1. The summed E-state index contributed by atoms with van der Waals surface area (Å²) in [5.41, 5.74) is 1.92. The minimum atomic E-state index is 0.504. The molecule has 3 heteroatoms. The van der Waals surface area contributed by atoms with Gasteiger partial charge in [0.2, 0.25) is 0 Å². The third-order valence-electron chi connectivity index (χ3n) is 3.20. The second-order valence-electron chi connectivity index (χ2n) is 4.24. The van der Waals surface area contributed by atoms with Gasteiger partial charge in [-0.15, -0.1) is 0 Å². The third-order valence-corrected chi connectivity index (χ3v) is 3.51. The molecule has 0 spiro atoms. The first-order valence-corrected chi connectivity index (χ1v) is 6.53. The molecule has 0 atom stereocenters. The standard InChI is InChI=1S/C14H18ClNO/c1-3-10(4-2)16-9-12-11-7-5-6-8-13(11)17-14(12)15/h5-8,10,16H,3-4,9H2,1-2H3. The van der Waals surface area contributed by atoms with Crippen LogP contribution in [0.3, 0.4) is 0 Å². The van der Waals surface area contributed by atoms with Crippen molar-refractivity contribution >= 4 is 22.6 Å². The van der Waals surface area contributed by atoms with Crippen LogP contribution in [0.4, 0.5) is 0 Å². The minimum absolute atomic E-state index is 0.504. The van der Waals surface area contributed by atoms with Gasteiger partial charge in [0.25, 0.3) is 0 Å². The summed E-state index contributed by atoms with van der Waals surface area (Å²) in [6.45, 7) is 5.15. The molecule has 0 aliphatic rings. The first kappa shape index (κ1) is 12.5. The smallest absolute Gasteiger partial charge is 0.199 e. The van der Waals surface area contributed by atoms with E-state index in [4.69, 9.17) is 16.0 Å². The average Bonchev–Trinajstić information content (AvgIpc) is 2.67. The van der Waals surface area contributed by atoms with Crippen LogP contribution in [0.5, 0.6) is 0 Å². The van der Waals surface area contributed by atoms with Crippen molar-refractivity contribution in [2.75, 3.05) is 0 Å². The van der Waals surface area contributed by atoms with Gasteiger partial charge < -0.3 is 9.73 Å². The van der Waals surface area contributed by atoms with Crippen molar-refractivity contribution in [2.45, 2.75) is 39.3 Å². The predicted molar refractivity (Wildman–Crippen MR) is 72.4 cm³/mol. The Morgan fingerprint density at radius 1 is 1.24 bits per heavy atom. The summed E-state index contributed by atoms with van der Waals surface area (Å²) in [4.78, 5) is 0. The van der Waals surface area contributed by atoms with E-state index in [1.807, 2.05) is 18.2 Å². The quantitative estimate of drug-likeness (QED) is 0.854. The molecule has 1 N–H and O–H groups in total. The van der Waals surface area contributed by atoms with Gasteiger partial charge in [-0.05, 0) is 30.5 Å². The van der Waals surface area contributed by atoms with Crippen LogP contribution < -0.4 is 5.32 Å². The fourth-order valence-electron chi connectivity index (χ4n) is 2.06. The monoisotopic (exact) mass is 251 g/mol. The van der Waals surface area contributed by atoms with Crippen LogP contribution in [0.25, 0.3) is 11.0 Å². The molecule has 92 valence electrons. The highest BCUT2D eigenvalue weighted by molar-refractivity contribution is 6.30.